The largest absolute Gasteiger partial charge is 0.366 e. The van der Waals surface area contributed by atoms with Crippen LogP contribution in [0.5, 0.6) is 0 Å². The summed E-state index contributed by atoms with van der Waals surface area (Å²) in [6.07, 6.45) is 1.79. The highest BCUT2D eigenvalue weighted by molar-refractivity contribution is 5.93. The molecule has 128 valence electrons. The van der Waals surface area contributed by atoms with Gasteiger partial charge in [-0.3, -0.25) is 4.79 Å². The third-order valence-corrected chi connectivity index (χ3v) is 4.68. The van der Waals surface area contributed by atoms with E-state index in [1.165, 1.54) is 6.07 Å². The van der Waals surface area contributed by atoms with Crippen LogP contribution in [0.1, 0.15) is 16.2 Å². The summed E-state index contributed by atoms with van der Waals surface area (Å²) in [4.78, 5) is 21.0. The Morgan fingerprint density at radius 2 is 1.80 bits per heavy atom. The minimum absolute atomic E-state index is 0.0729. The minimum atomic E-state index is -0.224. The molecule has 0 aliphatic carbocycles. The predicted octanol–water partition coefficient (Wildman–Crippen LogP) is 2.74. The molecule has 1 amide bonds. The van der Waals surface area contributed by atoms with Crippen molar-refractivity contribution in [1.82, 2.24) is 14.3 Å². The molecule has 0 N–H and O–H groups in total. The van der Waals surface area contributed by atoms with Gasteiger partial charge in [-0.2, -0.15) is 0 Å². The van der Waals surface area contributed by atoms with Crippen molar-refractivity contribution in [2.45, 2.75) is 6.92 Å². The number of anilines is 1. The highest BCUT2D eigenvalue weighted by Gasteiger charge is 2.25. The Balaban J connectivity index is 1.49. The summed E-state index contributed by atoms with van der Waals surface area (Å²) >= 11 is 0. The average Bonchev–Trinajstić information content (AvgIpc) is 3.07. The van der Waals surface area contributed by atoms with Crippen LogP contribution in [0, 0.1) is 12.7 Å². The lowest BCUT2D eigenvalue weighted by molar-refractivity contribution is 0.0741. The second-order valence-corrected chi connectivity index (χ2v) is 6.25. The fraction of sp³-hybridized carbons (Fsp3) is 0.263. The van der Waals surface area contributed by atoms with Gasteiger partial charge in [0.05, 0.1) is 5.69 Å². The summed E-state index contributed by atoms with van der Waals surface area (Å²) in [6.45, 7) is 4.31. The first-order valence-electron chi connectivity index (χ1n) is 8.37. The van der Waals surface area contributed by atoms with Crippen LogP contribution in [0.25, 0.3) is 5.65 Å². The number of hydrogen-bond acceptors (Lipinski definition) is 3. The van der Waals surface area contributed by atoms with E-state index >= 15 is 0 Å². The molecule has 0 bridgehead atoms. The number of halogens is 1. The van der Waals surface area contributed by atoms with E-state index in [0.717, 1.165) is 11.3 Å². The number of carbonyl (C=O) groups is 1. The van der Waals surface area contributed by atoms with Crippen molar-refractivity contribution in [3.8, 4) is 0 Å². The summed E-state index contributed by atoms with van der Waals surface area (Å²) in [7, 11) is 0. The van der Waals surface area contributed by atoms with Gasteiger partial charge in [-0.1, -0.05) is 18.2 Å². The molecule has 6 heteroatoms. The SMILES string of the molecule is Cc1cccc2nc(C(=O)N3CCN(c4ccccc4F)CC3)cn12. The average molecular weight is 338 g/mol. The van der Waals surface area contributed by atoms with E-state index in [9.17, 15) is 9.18 Å². The maximum atomic E-state index is 13.9. The molecule has 2 aromatic heterocycles. The minimum Gasteiger partial charge on any atom is -0.366 e. The number of hydrogen-bond donors (Lipinski definition) is 0. The molecule has 0 saturated carbocycles. The van der Waals surface area contributed by atoms with E-state index in [2.05, 4.69) is 4.98 Å². The van der Waals surface area contributed by atoms with Gasteiger partial charge in [0.15, 0.2) is 0 Å². The molecule has 1 saturated heterocycles. The standard InChI is InChI=1S/C19H19FN4O/c1-14-5-4-8-18-21-16(13-24(14)18)19(25)23-11-9-22(10-12-23)17-7-3-2-6-15(17)20/h2-8,13H,9-12H2,1H3. The topological polar surface area (TPSA) is 40.9 Å². The van der Waals surface area contributed by atoms with Gasteiger partial charge in [0.1, 0.15) is 17.2 Å². The van der Waals surface area contributed by atoms with E-state index in [1.54, 1.807) is 23.2 Å². The summed E-state index contributed by atoms with van der Waals surface area (Å²) in [6, 6.07) is 12.6. The number of benzene rings is 1. The van der Waals surface area contributed by atoms with Gasteiger partial charge >= 0.3 is 0 Å². The smallest absolute Gasteiger partial charge is 0.274 e. The van der Waals surface area contributed by atoms with Crippen LogP contribution < -0.4 is 4.90 Å². The van der Waals surface area contributed by atoms with E-state index < -0.39 is 0 Å². The van der Waals surface area contributed by atoms with Crippen molar-refractivity contribution >= 4 is 17.2 Å². The number of rotatable bonds is 2. The first kappa shape index (κ1) is 15.6. The second kappa shape index (κ2) is 6.20. The lowest BCUT2D eigenvalue weighted by Gasteiger charge is -2.35. The second-order valence-electron chi connectivity index (χ2n) is 6.25. The maximum absolute atomic E-state index is 13.9. The molecule has 25 heavy (non-hydrogen) atoms. The van der Waals surface area contributed by atoms with Gasteiger partial charge in [0, 0.05) is 38.1 Å². The first-order valence-corrected chi connectivity index (χ1v) is 8.37. The first-order chi connectivity index (χ1) is 12.1. The molecular formula is C19H19FN4O. The Morgan fingerprint density at radius 3 is 2.52 bits per heavy atom. The van der Waals surface area contributed by atoms with Gasteiger partial charge in [0.2, 0.25) is 0 Å². The number of imidazole rings is 1. The molecule has 0 unspecified atom stereocenters. The van der Waals surface area contributed by atoms with Gasteiger partial charge in [-0.05, 0) is 31.2 Å². The molecule has 1 aliphatic heterocycles. The number of fused-ring (bicyclic) bond motifs is 1. The summed E-state index contributed by atoms with van der Waals surface area (Å²) in [5.74, 6) is -0.297. The number of aromatic nitrogens is 2. The van der Waals surface area contributed by atoms with Crippen molar-refractivity contribution in [2.24, 2.45) is 0 Å². The molecule has 5 nitrogen and oxygen atoms in total. The third kappa shape index (κ3) is 2.84. The number of aryl methyl sites for hydroxylation is 1. The molecule has 0 spiro atoms. The van der Waals surface area contributed by atoms with Crippen molar-refractivity contribution in [1.29, 1.82) is 0 Å². The Hall–Kier alpha value is -2.89. The van der Waals surface area contributed by atoms with Crippen molar-refractivity contribution in [2.75, 3.05) is 31.1 Å². The molecule has 0 atom stereocenters. The normalized spacial score (nSPS) is 15.0. The molecule has 1 aromatic carbocycles. The summed E-state index contributed by atoms with van der Waals surface area (Å²) in [5.41, 5.74) is 2.85. The van der Waals surface area contributed by atoms with Crippen LogP contribution in [0.3, 0.4) is 0 Å². The molecular weight excluding hydrogens is 319 g/mol. The van der Waals surface area contributed by atoms with Crippen LogP contribution in [0.2, 0.25) is 0 Å². The lowest BCUT2D eigenvalue weighted by atomic mass is 10.2. The number of piperazine rings is 1. The molecule has 1 aliphatic rings. The van der Waals surface area contributed by atoms with E-state index in [1.807, 2.05) is 40.5 Å². The van der Waals surface area contributed by atoms with Crippen LogP contribution in [0.4, 0.5) is 10.1 Å². The van der Waals surface area contributed by atoms with E-state index in [-0.39, 0.29) is 11.7 Å². The fourth-order valence-corrected chi connectivity index (χ4v) is 3.27. The Kier molecular flexibility index (Phi) is 3.87. The Bertz CT molecular complexity index is 928. The van der Waals surface area contributed by atoms with Crippen LogP contribution in [-0.4, -0.2) is 46.4 Å². The van der Waals surface area contributed by atoms with Gasteiger partial charge in [0.25, 0.3) is 5.91 Å². The Morgan fingerprint density at radius 1 is 1.04 bits per heavy atom. The van der Waals surface area contributed by atoms with Crippen LogP contribution in [0.15, 0.2) is 48.7 Å². The zero-order chi connectivity index (χ0) is 17.4. The predicted molar refractivity (Wildman–Crippen MR) is 94.4 cm³/mol. The zero-order valence-electron chi connectivity index (χ0n) is 14.0. The molecule has 1 fully saturated rings. The number of para-hydroxylation sites is 1. The molecule has 3 heterocycles. The van der Waals surface area contributed by atoms with Crippen molar-refractivity contribution in [3.63, 3.8) is 0 Å². The number of carbonyl (C=O) groups excluding carboxylic acids is 1. The number of amides is 1. The number of nitrogens with zero attached hydrogens (tertiary/aromatic N) is 4. The lowest BCUT2D eigenvalue weighted by Crippen LogP contribution is -2.49. The highest BCUT2D eigenvalue weighted by atomic mass is 19.1. The van der Waals surface area contributed by atoms with Crippen molar-refractivity contribution < 1.29 is 9.18 Å². The molecule has 3 aromatic rings. The van der Waals surface area contributed by atoms with Gasteiger partial charge in [-0.15, -0.1) is 0 Å². The van der Waals surface area contributed by atoms with Crippen LogP contribution >= 0.6 is 0 Å². The Labute approximate surface area is 145 Å². The van der Waals surface area contributed by atoms with Crippen molar-refractivity contribution in [3.05, 3.63) is 65.9 Å². The quantitative estimate of drug-likeness (QED) is 0.721. The highest BCUT2D eigenvalue weighted by Crippen LogP contribution is 2.21. The summed E-state index contributed by atoms with van der Waals surface area (Å²) < 4.78 is 15.8. The maximum Gasteiger partial charge on any atom is 0.274 e. The molecule has 4 rings (SSSR count). The monoisotopic (exact) mass is 338 g/mol. The van der Waals surface area contributed by atoms with E-state index in [4.69, 9.17) is 0 Å². The van der Waals surface area contributed by atoms with E-state index in [0.29, 0.717) is 37.6 Å². The number of pyridine rings is 1. The zero-order valence-corrected chi connectivity index (χ0v) is 14.0. The molecule has 0 radical (unpaired) electrons. The van der Waals surface area contributed by atoms with Gasteiger partial charge < -0.3 is 14.2 Å². The summed E-state index contributed by atoms with van der Waals surface area (Å²) in [5, 5.41) is 0. The fourth-order valence-electron chi connectivity index (χ4n) is 3.27. The van der Waals surface area contributed by atoms with Crippen LogP contribution in [-0.2, 0) is 0 Å². The third-order valence-electron chi connectivity index (χ3n) is 4.68. The van der Waals surface area contributed by atoms with Gasteiger partial charge in [-0.25, -0.2) is 9.37 Å².